The van der Waals surface area contributed by atoms with Crippen LogP contribution in [0.15, 0.2) is 84.9 Å². The molecule has 2 heterocycles. The molecule has 0 spiro atoms. The maximum absolute atomic E-state index is 14.2. The monoisotopic (exact) mass is 560 g/mol. The van der Waals surface area contributed by atoms with Crippen LogP contribution in [0.25, 0.3) is 16.3 Å². The SMILES string of the molecule is COc1ccc([C@@H]2C=C3c4ccc5ccccc5c4OC(=O)[C@@H]3[C@@H]3C(=O)N(c4ccc([N+](=O)[O-])cc4C)C(=O)[C@@H]32)cc1. The summed E-state index contributed by atoms with van der Waals surface area (Å²) in [5.41, 5.74) is 2.67. The fourth-order valence-corrected chi connectivity index (χ4v) is 6.68. The van der Waals surface area contributed by atoms with Gasteiger partial charge in [-0.15, -0.1) is 0 Å². The predicted octanol–water partition coefficient (Wildman–Crippen LogP) is 5.59. The molecule has 4 atom stereocenters. The van der Waals surface area contributed by atoms with Crippen molar-refractivity contribution in [3.05, 3.63) is 112 Å². The number of methoxy groups -OCH3 is 1. The number of hydrogen-bond acceptors (Lipinski definition) is 7. The second kappa shape index (κ2) is 9.37. The van der Waals surface area contributed by atoms with Crippen molar-refractivity contribution in [3.63, 3.8) is 0 Å². The van der Waals surface area contributed by atoms with E-state index in [1.807, 2.05) is 54.6 Å². The highest BCUT2D eigenvalue weighted by molar-refractivity contribution is 6.25. The first-order valence-corrected chi connectivity index (χ1v) is 13.5. The maximum atomic E-state index is 14.2. The first-order chi connectivity index (χ1) is 20.3. The van der Waals surface area contributed by atoms with E-state index in [1.54, 1.807) is 26.2 Å². The Morgan fingerprint density at radius 2 is 1.64 bits per heavy atom. The van der Waals surface area contributed by atoms with Gasteiger partial charge in [-0.3, -0.25) is 24.5 Å². The van der Waals surface area contributed by atoms with Gasteiger partial charge in [0.25, 0.3) is 5.69 Å². The highest BCUT2D eigenvalue weighted by atomic mass is 16.6. The molecule has 2 aliphatic heterocycles. The first-order valence-electron chi connectivity index (χ1n) is 13.5. The van der Waals surface area contributed by atoms with Gasteiger partial charge in [0.05, 0.1) is 35.5 Å². The van der Waals surface area contributed by atoms with Crippen LogP contribution in [0, 0.1) is 34.8 Å². The van der Waals surface area contributed by atoms with Gasteiger partial charge in [-0.1, -0.05) is 54.6 Å². The Labute approximate surface area is 240 Å². The quantitative estimate of drug-likeness (QED) is 0.105. The molecule has 0 saturated carbocycles. The number of aryl methyl sites for hydroxylation is 1. The Morgan fingerprint density at radius 3 is 2.36 bits per heavy atom. The van der Waals surface area contributed by atoms with Crippen molar-refractivity contribution in [3.8, 4) is 11.5 Å². The zero-order valence-electron chi connectivity index (χ0n) is 22.6. The van der Waals surface area contributed by atoms with Crippen LogP contribution in [-0.2, 0) is 14.4 Å². The average Bonchev–Trinajstić information content (AvgIpc) is 3.26. The summed E-state index contributed by atoms with van der Waals surface area (Å²) >= 11 is 0. The largest absolute Gasteiger partial charge is 0.497 e. The summed E-state index contributed by atoms with van der Waals surface area (Å²) in [7, 11) is 1.57. The lowest BCUT2D eigenvalue weighted by atomic mass is 9.64. The second-order valence-electron chi connectivity index (χ2n) is 10.8. The normalized spacial score (nSPS) is 22.7. The van der Waals surface area contributed by atoms with Crippen molar-refractivity contribution in [2.75, 3.05) is 12.0 Å². The smallest absolute Gasteiger partial charge is 0.319 e. The number of nitro benzene ring substituents is 1. The molecule has 9 nitrogen and oxygen atoms in total. The molecule has 1 aliphatic carbocycles. The third-order valence-corrected chi connectivity index (χ3v) is 8.62. The van der Waals surface area contributed by atoms with E-state index in [0.29, 0.717) is 28.2 Å². The number of carbonyl (C=O) groups excluding carboxylic acids is 3. The summed E-state index contributed by atoms with van der Waals surface area (Å²) in [5.74, 6) is -3.92. The van der Waals surface area contributed by atoms with E-state index in [1.165, 1.54) is 18.2 Å². The van der Waals surface area contributed by atoms with Gasteiger partial charge < -0.3 is 9.47 Å². The van der Waals surface area contributed by atoms with E-state index >= 15 is 0 Å². The first kappa shape index (κ1) is 25.6. The number of allylic oxidation sites excluding steroid dienone is 1. The molecule has 208 valence electrons. The number of rotatable bonds is 4. The topological polar surface area (TPSA) is 116 Å². The fraction of sp³-hybridized carbons (Fsp3) is 0.182. The van der Waals surface area contributed by atoms with Crippen molar-refractivity contribution in [2.45, 2.75) is 12.8 Å². The van der Waals surface area contributed by atoms with Crippen molar-refractivity contribution in [1.82, 2.24) is 0 Å². The van der Waals surface area contributed by atoms with E-state index < -0.39 is 46.4 Å². The summed E-state index contributed by atoms with van der Waals surface area (Å²) in [6.45, 7) is 1.62. The molecular weight excluding hydrogens is 536 g/mol. The number of benzene rings is 4. The Morgan fingerprint density at radius 1 is 0.905 bits per heavy atom. The summed E-state index contributed by atoms with van der Waals surface area (Å²) in [4.78, 5) is 54.1. The Balaban J connectivity index is 1.42. The third-order valence-electron chi connectivity index (χ3n) is 8.62. The number of nitrogens with zero attached hydrogens (tertiary/aromatic N) is 2. The molecule has 3 aliphatic rings. The van der Waals surface area contributed by atoms with E-state index in [-0.39, 0.29) is 11.4 Å². The van der Waals surface area contributed by atoms with Gasteiger partial charge in [0.15, 0.2) is 0 Å². The number of hydrogen-bond donors (Lipinski definition) is 0. The van der Waals surface area contributed by atoms with E-state index in [2.05, 4.69) is 0 Å². The van der Waals surface area contributed by atoms with E-state index in [4.69, 9.17) is 9.47 Å². The minimum absolute atomic E-state index is 0.146. The molecule has 0 radical (unpaired) electrons. The molecule has 0 unspecified atom stereocenters. The van der Waals surface area contributed by atoms with Crippen molar-refractivity contribution >= 4 is 45.5 Å². The van der Waals surface area contributed by atoms with Crippen molar-refractivity contribution < 1.29 is 28.8 Å². The molecule has 0 bridgehead atoms. The number of anilines is 1. The van der Waals surface area contributed by atoms with Gasteiger partial charge in [-0.2, -0.15) is 0 Å². The Bertz CT molecular complexity index is 1880. The summed E-state index contributed by atoms with van der Waals surface area (Å²) < 4.78 is 11.3. The van der Waals surface area contributed by atoms with Crippen LogP contribution in [0.5, 0.6) is 11.5 Å². The van der Waals surface area contributed by atoms with Crippen LogP contribution in [0.4, 0.5) is 11.4 Å². The van der Waals surface area contributed by atoms with E-state index in [0.717, 1.165) is 21.2 Å². The predicted molar refractivity (Wildman–Crippen MR) is 154 cm³/mol. The zero-order chi connectivity index (χ0) is 29.3. The number of amides is 2. The number of ether oxygens (including phenoxy) is 2. The molecule has 0 aromatic heterocycles. The molecule has 1 saturated heterocycles. The second-order valence-corrected chi connectivity index (χ2v) is 10.8. The minimum atomic E-state index is -1.02. The van der Waals surface area contributed by atoms with Crippen LogP contribution in [0.1, 0.15) is 22.6 Å². The van der Waals surface area contributed by atoms with Crippen LogP contribution in [0.2, 0.25) is 0 Å². The van der Waals surface area contributed by atoms with Gasteiger partial charge in [0.2, 0.25) is 11.8 Å². The zero-order valence-corrected chi connectivity index (χ0v) is 22.6. The number of imide groups is 1. The molecular formula is C33H24N2O7. The number of carbonyl (C=O) groups is 3. The number of non-ortho nitro benzene ring substituents is 1. The average molecular weight is 561 g/mol. The van der Waals surface area contributed by atoms with Gasteiger partial charge in [-0.05, 0) is 47.2 Å². The Hall–Kier alpha value is -5.31. The minimum Gasteiger partial charge on any atom is -0.497 e. The summed E-state index contributed by atoms with van der Waals surface area (Å²) in [6.07, 6.45) is 1.93. The number of esters is 1. The lowest BCUT2D eigenvalue weighted by Gasteiger charge is -2.38. The molecule has 0 N–H and O–H groups in total. The number of nitro groups is 1. The van der Waals surface area contributed by atoms with Crippen molar-refractivity contribution in [1.29, 1.82) is 0 Å². The number of fused-ring (bicyclic) bond motifs is 7. The molecule has 4 aromatic rings. The van der Waals surface area contributed by atoms with Gasteiger partial charge in [0, 0.05) is 29.0 Å². The summed E-state index contributed by atoms with van der Waals surface area (Å²) in [5, 5.41) is 13.0. The van der Waals surface area contributed by atoms with Crippen LogP contribution in [0.3, 0.4) is 0 Å². The molecule has 4 aromatic carbocycles. The van der Waals surface area contributed by atoms with Crippen molar-refractivity contribution in [2.24, 2.45) is 17.8 Å². The lowest BCUT2D eigenvalue weighted by molar-refractivity contribution is -0.384. The molecule has 2 amide bonds. The highest BCUT2D eigenvalue weighted by Crippen LogP contribution is 2.55. The maximum Gasteiger partial charge on any atom is 0.319 e. The van der Waals surface area contributed by atoms with Crippen LogP contribution in [-0.4, -0.2) is 29.8 Å². The lowest BCUT2D eigenvalue weighted by Crippen LogP contribution is -2.42. The molecule has 7 rings (SSSR count). The highest BCUT2D eigenvalue weighted by Gasteiger charge is 2.60. The van der Waals surface area contributed by atoms with Crippen LogP contribution >= 0.6 is 0 Å². The standard InChI is InChI=1S/C33H24N2O7/c1-17-15-20(35(39)40)10-14-26(17)34-31(36)27-24(19-7-11-21(41-2)12-8-19)16-25-23-13-9-18-5-3-4-6-22(18)30(23)42-33(38)28(25)29(27)32(34)37/h3-16,24,27-29H,1-2H3/t24-,27+,28-,29+/m0/s1. The molecule has 42 heavy (non-hydrogen) atoms. The van der Waals surface area contributed by atoms with Gasteiger partial charge in [-0.25, -0.2) is 4.90 Å². The van der Waals surface area contributed by atoms with E-state index in [9.17, 15) is 24.5 Å². The summed E-state index contributed by atoms with van der Waals surface area (Å²) in [6, 6.07) is 22.8. The van der Waals surface area contributed by atoms with Gasteiger partial charge in [0.1, 0.15) is 11.5 Å². The van der Waals surface area contributed by atoms with Crippen LogP contribution < -0.4 is 14.4 Å². The van der Waals surface area contributed by atoms with Gasteiger partial charge >= 0.3 is 5.97 Å². The Kier molecular flexibility index (Phi) is 5.72. The third kappa shape index (κ3) is 3.66. The fourth-order valence-electron chi connectivity index (χ4n) is 6.68. The molecule has 9 heteroatoms. The molecule has 1 fully saturated rings.